The molecule has 0 bridgehead atoms. The summed E-state index contributed by atoms with van der Waals surface area (Å²) in [6.45, 7) is 2.67. The van der Waals surface area contributed by atoms with Gasteiger partial charge in [0.05, 0.1) is 19.1 Å². The van der Waals surface area contributed by atoms with Gasteiger partial charge in [-0.3, -0.25) is 4.79 Å². The van der Waals surface area contributed by atoms with Crippen LogP contribution in [0.15, 0.2) is 82.1 Å². The molecule has 5 rings (SSSR count). The van der Waals surface area contributed by atoms with E-state index in [9.17, 15) is 31.5 Å². The van der Waals surface area contributed by atoms with Crippen LogP contribution in [-0.4, -0.2) is 30.9 Å². The first-order valence-corrected chi connectivity index (χ1v) is 15.9. The quantitative estimate of drug-likeness (QED) is 0.192. The largest absolute Gasteiger partial charge is 0.495 e. The molecule has 45 heavy (non-hydrogen) atoms. The number of aryl methyl sites for hydroxylation is 1. The smallest absolute Gasteiger partial charge is 0.449 e. The van der Waals surface area contributed by atoms with Crippen molar-refractivity contribution in [3.05, 3.63) is 107 Å². The van der Waals surface area contributed by atoms with Gasteiger partial charge in [0.1, 0.15) is 16.4 Å². The summed E-state index contributed by atoms with van der Waals surface area (Å²) in [4.78, 5) is 11.8. The minimum Gasteiger partial charge on any atom is -0.495 e. The van der Waals surface area contributed by atoms with Crippen LogP contribution in [-0.2, 0) is 52.3 Å². The molecule has 1 aliphatic carbocycles. The molecule has 0 spiro atoms. The highest BCUT2D eigenvalue weighted by atomic mass is 32.2. The molecule has 0 aliphatic heterocycles. The predicted molar refractivity (Wildman–Crippen MR) is 162 cm³/mol. The zero-order valence-corrected chi connectivity index (χ0v) is 26.0. The molecule has 0 radical (unpaired) electrons. The minimum absolute atomic E-state index is 0.0271. The van der Waals surface area contributed by atoms with Crippen molar-refractivity contribution in [1.82, 2.24) is 4.31 Å². The number of benzene rings is 3. The molecule has 11 heteroatoms. The predicted octanol–water partition coefficient (Wildman–Crippen LogP) is 7.61. The Bertz CT molecular complexity index is 1810. The number of hydrogen-bond donors (Lipinski definition) is 1. The van der Waals surface area contributed by atoms with E-state index in [0.717, 1.165) is 52.4 Å². The first kappa shape index (κ1) is 32.3. The summed E-state index contributed by atoms with van der Waals surface area (Å²) < 4.78 is 80.4. The zero-order chi connectivity index (χ0) is 32.6. The topological polar surface area (TPSA) is 97.1 Å². The van der Waals surface area contributed by atoms with Gasteiger partial charge in [-0.2, -0.15) is 17.5 Å². The van der Waals surface area contributed by atoms with E-state index in [4.69, 9.17) is 9.15 Å². The molecular weight excluding hydrogens is 607 g/mol. The van der Waals surface area contributed by atoms with E-state index in [-0.39, 0.29) is 22.9 Å². The number of hydrogen-bond acceptors (Lipinski definition) is 5. The molecule has 0 saturated heterocycles. The number of carboxylic acids is 1. The first-order valence-electron chi connectivity index (χ1n) is 14.5. The number of fused-ring (bicyclic) bond motifs is 1. The Balaban J connectivity index is 1.52. The number of sulfonamides is 1. The lowest BCUT2D eigenvalue weighted by Gasteiger charge is -2.27. The van der Waals surface area contributed by atoms with Gasteiger partial charge in [-0.25, -0.2) is 8.42 Å². The van der Waals surface area contributed by atoms with E-state index in [1.54, 1.807) is 62.4 Å². The monoisotopic (exact) mass is 641 g/mol. The highest BCUT2D eigenvalue weighted by molar-refractivity contribution is 7.89. The Hall–Kier alpha value is -4.09. The van der Waals surface area contributed by atoms with Crippen LogP contribution in [0.25, 0.3) is 11.1 Å². The van der Waals surface area contributed by atoms with Crippen LogP contribution in [0.4, 0.5) is 13.2 Å². The van der Waals surface area contributed by atoms with Gasteiger partial charge < -0.3 is 14.3 Å². The summed E-state index contributed by atoms with van der Waals surface area (Å²) in [5.41, 5.74) is 3.28. The molecule has 1 N–H and O–H groups in total. The Morgan fingerprint density at radius 3 is 2.29 bits per heavy atom. The number of methoxy groups -OCH3 is 1. The van der Waals surface area contributed by atoms with Crippen molar-refractivity contribution in [3.8, 4) is 16.9 Å². The summed E-state index contributed by atoms with van der Waals surface area (Å²) in [5, 5.41) is 9.65. The number of nitrogens with zero attached hydrogens (tertiary/aromatic N) is 1. The second-order valence-electron chi connectivity index (χ2n) is 11.7. The molecule has 0 atom stereocenters. The summed E-state index contributed by atoms with van der Waals surface area (Å²) in [7, 11) is -2.90. The molecule has 3 aromatic carbocycles. The van der Waals surface area contributed by atoms with Crippen molar-refractivity contribution in [1.29, 1.82) is 0 Å². The average Bonchev–Trinajstić information content (AvgIpc) is 3.50. The van der Waals surface area contributed by atoms with Gasteiger partial charge in [0.25, 0.3) is 0 Å². The van der Waals surface area contributed by atoms with Crippen molar-refractivity contribution in [3.63, 3.8) is 0 Å². The van der Waals surface area contributed by atoms with E-state index >= 15 is 0 Å². The van der Waals surface area contributed by atoms with Crippen molar-refractivity contribution in [2.24, 2.45) is 0 Å². The minimum atomic E-state index is -4.71. The Kier molecular flexibility index (Phi) is 8.88. The molecule has 1 aromatic heterocycles. The molecule has 0 fully saturated rings. The average molecular weight is 642 g/mol. The number of halogens is 3. The highest BCUT2D eigenvalue weighted by Gasteiger charge is 2.37. The third-order valence-corrected chi connectivity index (χ3v) is 10.2. The molecular formula is C34H34F3NO6S. The number of aliphatic carboxylic acids is 1. The Morgan fingerprint density at radius 1 is 0.933 bits per heavy atom. The highest BCUT2D eigenvalue weighted by Crippen LogP contribution is 2.38. The van der Waals surface area contributed by atoms with E-state index in [1.165, 1.54) is 7.11 Å². The second kappa shape index (κ2) is 12.4. The number of alkyl halides is 3. The number of rotatable bonds is 10. The fourth-order valence-electron chi connectivity index (χ4n) is 5.58. The zero-order valence-electron chi connectivity index (χ0n) is 25.1. The number of carbonyl (C=O) groups is 1. The van der Waals surface area contributed by atoms with Gasteiger partial charge in [0, 0.05) is 6.54 Å². The second-order valence-corrected chi connectivity index (χ2v) is 13.6. The number of furan rings is 1. The Morgan fingerprint density at radius 2 is 1.64 bits per heavy atom. The van der Waals surface area contributed by atoms with Crippen molar-refractivity contribution >= 4 is 16.0 Å². The van der Waals surface area contributed by atoms with E-state index in [0.29, 0.717) is 23.1 Å². The van der Waals surface area contributed by atoms with Gasteiger partial charge in [-0.15, -0.1) is 0 Å². The third-order valence-electron chi connectivity index (χ3n) is 8.30. The molecule has 1 aliphatic rings. The summed E-state index contributed by atoms with van der Waals surface area (Å²) >= 11 is 0. The molecule has 7 nitrogen and oxygen atoms in total. The SMILES string of the molecule is COc1ccc2c(c1S(=O)(=O)N(Cc1ccc(-c3cccc(C(C)(C)C(=O)O)c3)cc1)Cc1ccc(C(F)(F)F)o1)CCCC2. The molecule has 4 aromatic rings. The van der Waals surface area contributed by atoms with Crippen LogP contribution in [0.3, 0.4) is 0 Å². The fourth-order valence-corrected chi connectivity index (χ4v) is 7.40. The maximum atomic E-state index is 14.4. The van der Waals surface area contributed by atoms with Crippen molar-refractivity contribution in [2.75, 3.05) is 7.11 Å². The van der Waals surface area contributed by atoms with Gasteiger partial charge in [0.15, 0.2) is 0 Å². The molecule has 0 saturated carbocycles. The van der Waals surface area contributed by atoms with Crippen LogP contribution in [0.5, 0.6) is 5.75 Å². The van der Waals surface area contributed by atoms with Crippen molar-refractivity contribution in [2.45, 2.75) is 69.1 Å². The normalized spacial score (nSPS) is 13.9. The fraction of sp³-hybridized carbons (Fsp3) is 0.324. The van der Waals surface area contributed by atoms with Crippen LogP contribution < -0.4 is 4.74 Å². The van der Waals surface area contributed by atoms with Gasteiger partial charge in [-0.1, -0.05) is 54.6 Å². The standard InChI is InChI=1S/C34H34F3NO6S/c1-33(2,32(39)40)26-9-6-8-25(19-26)23-13-11-22(12-14-23)20-38(21-27-16-18-30(44-27)34(35,36)37)45(41,42)31-28-10-5-4-7-24(28)15-17-29(31)43-3/h6,8-9,11-19H,4-5,7,10,20-21H2,1-3H3,(H,39,40). The summed E-state index contributed by atoms with van der Waals surface area (Å²) in [5.74, 6) is -2.13. The lowest BCUT2D eigenvalue weighted by atomic mass is 9.83. The van der Waals surface area contributed by atoms with Crippen LogP contribution in [0.2, 0.25) is 0 Å². The lowest BCUT2D eigenvalue weighted by molar-refractivity contribution is -0.153. The van der Waals surface area contributed by atoms with Crippen molar-refractivity contribution < 1.29 is 40.6 Å². The van der Waals surface area contributed by atoms with E-state index < -0.39 is 39.9 Å². The number of ether oxygens (including phenoxy) is 1. The maximum absolute atomic E-state index is 14.4. The Labute approximate surface area is 260 Å². The summed E-state index contributed by atoms with van der Waals surface area (Å²) in [6, 6.07) is 19.7. The first-order chi connectivity index (χ1) is 21.2. The molecule has 0 amide bonds. The maximum Gasteiger partial charge on any atom is 0.449 e. The van der Waals surface area contributed by atoms with E-state index in [1.807, 2.05) is 12.1 Å². The van der Waals surface area contributed by atoms with Gasteiger partial charge in [0.2, 0.25) is 15.8 Å². The molecule has 0 unspecified atom stereocenters. The van der Waals surface area contributed by atoms with Gasteiger partial charge >= 0.3 is 12.1 Å². The molecule has 238 valence electrons. The van der Waals surface area contributed by atoms with Gasteiger partial charge in [-0.05, 0) is 91.1 Å². The van der Waals surface area contributed by atoms with Crippen LogP contribution >= 0.6 is 0 Å². The van der Waals surface area contributed by atoms with Crippen LogP contribution in [0.1, 0.15) is 60.5 Å². The summed E-state index contributed by atoms with van der Waals surface area (Å²) in [6.07, 6.45) is -1.71. The molecule has 1 heterocycles. The third kappa shape index (κ3) is 6.64. The number of carboxylic acid groups (broad SMARTS) is 1. The van der Waals surface area contributed by atoms with Crippen LogP contribution in [0, 0.1) is 0 Å². The van der Waals surface area contributed by atoms with E-state index in [2.05, 4.69) is 0 Å². The lowest BCUT2D eigenvalue weighted by Crippen LogP contribution is -2.31.